The number of halogens is 1. The molecule has 4 heterocycles. The average molecular weight is 679 g/mol. The number of anilines is 5. The first-order chi connectivity index (χ1) is 21.1. The molecule has 0 saturated carbocycles. The molecule has 6 rings (SSSR count). The Morgan fingerprint density at radius 2 is 1.80 bits per heavy atom. The molecule has 2 aromatic carbocycles. The fourth-order valence-corrected chi connectivity index (χ4v) is 7.10. The van der Waals surface area contributed by atoms with E-state index in [-0.39, 0.29) is 0 Å². The van der Waals surface area contributed by atoms with Crippen molar-refractivity contribution in [2.24, 2.45) is 7.05 Å². The monoisotopic (exact) mass is 677 g/mol. The summed E-state index contributed by atoms with van der Waals surface area (Å²) in [5.41, 5.74) is 6.61. The fraction of sp³-hybridized carbons (Fsp3) is 0.300. The first kappa shape index (κ1) is 30.0. The summed E-state index contributed by atoms with van der Waals surface area (Å²) in [7, 11) is 0.804. The first-order valence-corrected chi connectivity index (χ1v) is 17.4. The van der Waals surface area contributed by atoms with Gasteiger partial charge in [0.25, 0.3) is 0 Å². The van der Waals surface area contributed by atoms with Crippen molar-refractivity contribution in [3.05, 3.63) is 59.2 Å². The molecule has 0 aliphatic carbocycles. The van der Waals surface area contributed by atoms with E-state index >= 15 is 0 Å². The number of ether oxygens (including phenoxy) is 2. The van der Waals surface area contributed by atoms with Crippen LogP contribution in [0.25, 0.3) is 22.2 Å². The zero-order valence-electron chi connectivity index (χ0n) is 25.1. The first-order valence-electron chi connectivity index (χ1n) is 14.0. The molecule has 44 heavy (non-hydrogen) atoms. The highest BCUT2D eigenvalue weighted by Crippen LogP contribution is 2.43. The molecule has 228 valence electrons. The van der Waals surface area contributed by atoms with Crippen LogP contribution in [0.5, 0.6) is 5.75 Å². The van der Waals surface area contributed by atoms with E-state index in [2.05, 4.69) is 57.6 Å². The van der Waals surface area contributed by atoms with E-state index in [9.17, 15) is 4.57 Å². The van der Waals surface area contributed by atoms with Crippen molar-refractivity contribution in [1.29, 1.82) is 0 Å². The third-order valence-corrected chi connectivity index (χ3v) is 9.48. The smallest absolute Gasteiger partial charge is 0.229 e. The molecule has 0 atom stereocenters. The Hall–Kier alpha value is -4.06. The van der Waals surface area contributed by atoms with Crippen molar-refractivity contribution in [1.82, 2.24) is 29.7 Å². The quantitative estimate of drug-likeness (QED) is 0.203. The van der Waals surface area contributed by atoms with Gasteiger partial charge in [-0.1, -0.05) is 0 Å². The highest BCUT2D eigenvalue weighted by atomic mass is 79.9. The van der Waals surface area contributed by atoms with E-state index in [1.165, 1.54) is 0 Å². The molecule has 3 aromatic heterocycles. The number of nitrogens with zero attached hydrogens (tertiary/aromatic N) is 7. The standard InChI is InChI=1S/C30H33BrN9O3P/c1-18-20(17-39(2)38-18)19-14-24(26(42-3)15-25(19)40-10-12-43-13-11-40)36-30-34-16-21(31)29(37-30)35-23-7-6-22-27(33-9-8-32-22)28(23)44(4,5)41/h6-9,14-17H,10-13H2,1-5H3,(H2,34,35,36,37). The number of methoxy groups -OCH3 is 1. The molecule has 2 N–H and O–H groups in total. The number of aryl methyl sites for hydroxylation is 2. The lowest BCUT2D eigenvalue weighted by Gasteiger charge is -2.31. The van der Waals surface area contributed by atoms with Gasteiger partial charge in [0, 0.05) is 67.8 Å². The molecule has 1 fully saturated rings. The summed E-state index contributed by atoms with van der Waals surface area (Å²) >= 11 is 3.57. The lowest BCUT2D eigenvalue weighted by Crippen LogP contribution is -2.36. The molecule has 1 saturated heterocycles. The lowest BCUT2D eigenvalue weighted by molar-refractivity contribution is 0.122. The van der Waals surface area contributed by atoms with Crippen molar-refractivity contribution in [2.45, 2.75) is 6.92 Å². The molecule has 0 radical (unpaired) electrons. The number of rotatable bonds is 8. The van der Waals surface area contributed by atoms with Gasteiger partial charge in [-0.25, -0.2) is 4.98 Å². The SMILES string of the molecule is COc1cc(N2CCOCC2)c(-c2cn(C)nc2C)cc1Nc1ncc(Br)c(Nc2ccc3nccnc3c2P(C)(C)=O)n1. The Balaban J connectivity index is 1.40. The van der Waals surface area contributed by atoms with Crippen LogP contribution >= 0.6 is 23.1 Å². The Morgan fingerprint density at radius 1 is 1.02 bits per heavy atom. The van der Waals surface area contributed by atoms with E-state index in [1.807, 2.05) is 43.0 Å². The van der Waals surface area contributed by atoms with Gasteiger partial charge >= 0.3 is 0 Å². The number of benzene rings is 2. The Kier molecular flexibility index (Phi) is 8.28. The van der Waals surface area contributed by atoms with Crippen LogP contribution in [0.1, 0.15) is 5.69 Å². The summed E-state index contributed by atoms with van der Waals surface area (Å²) in [5, 5.41) is 11.9. The van der Waals surface area contributed by atoms with Gasteiger partial charge in [0.05, 0.1) is 52.7 Å². The van der Waals surface area contributed by atoms with E-state index in [0.717, 1.165) is 35.6 Å². The third kappa shape index (κ3) is 5.99. The molecule has 0 unspecified atom stereocenters. The van der Waals surface area contributed by atoms with Gasteiger partial charge in [0.2, 0.25) is 5.95 Å². The zero-order valence-corrected chi connectivity index (χ0v) is 27.6. The summed E-state index contributed by atoms with van der Waals surface area (Å²) in [6.45, 7) is 8.32. The Labute approximate surface area is 263 Å². The predicted molar refractivity (Wildman–Crippen MR) is 178 cm³/mol. The molecule has 5 aromatic rings. The molecule has 1 aliphatic heterocycles. The zero-order chi connectivity index (χ0) is 31.0. The van der Waals surface area contributed by atoms with Crippen molar-refractivity contribution in [2.75, 3.05) is 62.3 Å². The third-order valence-electron chi connectivity index (χ3n) is 7.37. The molecule has 12 nitrogen and oxygen atoms in total. The Bertz CT molecular complexity index is 1900. The summed E-state index contributed by atoms with van der Waals surface area (Å²) in [4.78, 5) is 20.5. The van der Waals surface area contributed by atoms with E-state index in [1.54, 1.807) is 39.0 Å². The van der Waals surface area contributed by atoms with Gasteiger partial charge in [-0.2, -0.15) is 10.1 Å². The second-order valence-corrected chi connectivity index (χ2v) is 14.9. The lowest BCUT2D eigenvalue weighted by atomic mass is 10.0. The minimum Gasteiger partial charge on any atom is -0.494 e. The minimum absolute atomic E-state index is 0.347. The normalized spacial score (nSPS) is 13.7. The van der Waals surface area contributed by atoms with Crippen LogP contribution in [0.2, 0.25) is 0 Å². The number of morpholine rings is 1. The van der Waals surface area contributed by atoms with Crippen LogP contribution in [-0.2, 0) is 16.3 Å². The van der Waals surface area contributed by atoms with Crippen LogP contribution in [-0.4, -0.2) is 76.5 Å². The molecule has 0 spiro atoms. The molecule has 0 bridgehead atoms. The Morgan fingerprint density at radius 3 is 2.50 bits per heavy atom. The molecular formula is C30H33BrN9O3P. The fourth-order valence-electron chi connectivity index (χ4n) is 5.41. The second kappa shape index (κ2) is 12.1. The summed E-state index contributed by atoms with van der Waals surface area (Å²) in [6, 6.07) is 7.79. The minimum atomic E-state index is -2.76. The molecular weight excluding hydrogens is 645 g/mol. The van der Waals surface area contributed by atoms with Crippen LogP contribution < -0.4 is 25.6 Å². The maximum atomic E-state index is 13.4. The summed E-state index contributed by atoms with van der Waals surface area (Å²) < 4.78 is 27.3. The summed E-state index contributed by atoms with van der Waals surface area (Å²) in [6.07, 6.45) is 6.91. The predicted octanol–water partition coefficient (Wildman–Crippen LogP) is 5.47. The molecule has 1 aliphatic rings. The van der Waals surface area contributed by atoms with Gasteiger partial charge in [-0.05, 0) is 54.4 Å². The topological polar surface area (TPSA) is 132 Å². The van der Waals surface area contributed by atoms with Crippen molar-refractivity contribution in [3.63, 3.8) is 0 Å². The van der Waals surface area contributed by atoms with Gasteiger partial charge in [-0.15, -0.1) is 0 Å². The highest BCUT2D eigenvalue weighted by Gasteiger charge is 2.24. The van der Waals surface area contributed by atoms with Gasteiger partial charge in [-0.3, -0.25) is 14.6 Å². The number of aromatic nitrogens is 6. The number of hydrogen-bond acceptors (Lipinski definition) is 11. The van der Waals surface area contributed by atoms with Crippen LogP contribution in [0.15, 0.2) is 53.5 Å². The maximum absolute atomic E-state index is 13.4. The van der Waals surface area contributed by atoms with Crippen LogP contribution in [0.3, 0.4) is 0 Å². The van der Waals surface area contributed by atoms with E-state index in [4.69, 9.17) is 14.5 Å². The van der Waals surface area contributed by atoms with E-state index in [0.29, 0.717) is 62.9 Å². The number of fused-ring (bicyclic) bond motifs is 1. The number of nitrogens with one attached hydrogen (secondary N) is 2. The second-order valence-electron chi connectivity index (χ2n) is 10.8. The highest BCUT2D eigenvalue weighted by molar-refractivity contribution is 9.10. The van der Waals surface area contributed by atoms with Crippen molar-refractivity contribution >= 4 is 68.2 Å². The number of hydrogen-bond donors (Lipinski definition) is 2. The van der Waals surface area contributed by atoms with E-state index < -0.39 is 7.14 Å². The summed E-state index contributed by atoms with van der Waals surface area (Å²) in [5.74, 6) is 1.49. The maximum Gasteiger partial charge on any atom is 0.229 e. The van der Waals surface area contributed by atoms with Gasteiger partial charge in [0.1, 0.15) is 24.2 Å². The van der Waals surface area contributed by atoms with Gasteiger partial charge < -0.3 is 29.6 Å². The van der Waals surface area contributed by atoms with Crippen molar-refractivity contribution < 1.29 is 14.0 Å². The van der Waals surface area contributed by atoms with Gasteiger partial charge in [0.15, 0.2) is 0 Å². The molecule has 14 heteroatoms. The van der Waals surface area contributed by atoms with Crippen LogP contribution in [0.4, 0.5) is 28.8 Å². The molecule has 0 amide bonds. The largest absolute Gasteiger partial charge is 0.494 e. The van der Waals surface area contributed by atoms with Crippen molar-refractivity contribution in [3.8, 4) is 16.9 Å². The van der Waals surface area contributed by atoms with Crippen LogP contribution in [0, 0.1) is 6.92 Å². The average Bonchev–Trinajstić information content (AvgIpc) is 3.35.